The van der Waals surface area contributed by atoms with Gasteiger partial charge in [-0.25, -0.2) is 4.98 Å². The average Bonchev–Trinajstić information content (AvgIpc) is 2.78. The van der Waals surface area contributed by atoms with E-state index < -0.39 is 0 Å². The highest BCUT2D eigenvalue weighted by Gasteiger charge is 2.09. The van der Waals surface area contributed by atoms with Crippen LogP contribution in [0.1, 0.15) is 40.6 Å². The second-order valence-electron chi connectivity index (χ2n) is 5.69. The lowest BCUT2D eigenvalue weighted by Gasteiger charge is -2.07. The summed E-state index contributed by atoms with van der Waals surface area (Å²) in [7, 11) is 0. The van der Waals surface area contributed by atoms with E-state index in [0.717, 1.165) is 23.0 Å². The van der Waals surface area contributed by atoms with Crippen LogP contribution in [-0.4, -0.2) is 11.0 Å². The Kier molecular flexibility index (Phi) is 5.37. The van der Waals surface area contributed by atoms with Crippen LogP contribution < -0.4 is 10.1 Å². The summed E-state index contributed by atoms with van der Waals surface area (Å²) in [6, 6.07) is 6.68. The van der Waals surface area contributed by atoms with Gasteiger partial charge in [0.1, 0.15) is 17.4 Å². The predicted octanol–water partition coefficient (Wildman–Crippen LogP) is 4.15. The van der Waals surface area contributed by atoms with Crippen molar-refractivity contribution in [2.45, 2.75) is 53.8 Å². The van der Waals surface area contributed by atoms with E-state index in [9.17, 15) is 0 Å². The summed E-state index contributed by atoms with van der Waals surface area (Å²) in [5.74, 6) is 0.910. The SMILES string of the molecule is Cc1ccc(OCc2nc(C)c(CNC(C)C)s2)cc1C. The Balaban J connectivity index is 1.96. The molecule has 114 valence electrons. The van der Waals surface area contributed by atoms with Crippen LogP contribution in [0.4, 0.5) is 0 Å². The molecule has 0 atom stereocenters. The molecule has 2 rings (SSSR count). The fourth-order valence-corrected chi connectivity index (χ4v) is 2.89. The van der Waals surface area contributed by atoms with Crippen molar-refractivity contribution in [2.24, 2.45) is 0 Å². The van der Waals surface area contributed by atoms with Gasteiger partial charge in [0.15, 0.2) is 0 Å². The molecule has 0 aliphatic heterocycles. The maximum atomic E-state index is 5.85. The number of nitrogens with zero attached hydrogens (tertiary/aromatic N) is 1. The van der Waals surface area contributed by atoms with Crippen molar-refractivity contribution in [3.05, 3.63) is 44.9 Å². The Hall–Kier alpha value is -1.39. The van der Waals surface area contributed by atoms with Crippen LogP contribution in [-0.2, 0) is 13.2 Å². The number of hydrogen-bond acceptors (Lipinski definition) is 4. The summed E-state index contributed by atoms with van der Waals surface area (Å²) in [5, 5.41) is 4.47. The van der Waals surface area contributed by atoms with Gasteiger partial charge < -0.3 is 10.1 Å². The number of ether oxygens (including phenoxy) is 1. The van der Waals surface area contributed by atoms with Gasteiger partial charge in [0.05, 0.1) is 5.69 Å². The largest absolute Gasteiger partial charge is 0.486 e. The molecule has 0 radical (unpaired) electrons. The van der Waals surface area contributed by atoms with Gasteiger partial charge in [-0.2, -0.15) is 0 Å². The fraction of sp³-hybridized carbons (Fsp3) is 0.471. The zero-order valence-corrected chi connectivity index (χ0v) is 14.3. The first-order valence-corrected chi connectivity index (χ1v) is 8.16. The molecule has 0 bridgehead atoms. The van der Waals surface area contributed by atoms with E-state index in [-0.39, 0.29) is 0 Å². The van der Waals surface area contributed by atoms with Crippen molar-refractivity contribution in [3.8, 4) is 5.75 Å². The molecule has 0 aliphatic carbocycles. The molecule has 1 N–H and O–H groups in total. The molecule has 1 aromatic carbocycles. The van der Waals surface area contributed by atoms with Crippen molar-refractivity contribution in [1.82, 2.24) is 10.3 Å². The Morgan fingerprint density at radius 3 is 2.62 bits per heavy atom. The van der Waals surface area contributed by atoms with Crippen molar-refractivity contribution in [1.29, 1.82) is 0 Å². The number of hydrogen-bond donors (Lipinski definition) is 1. The van der Waals surface area contributed by atoms with Crippen molar-refractivity contribution in [3.63, 3.8) is 0 Å². The molecule has 0 saturated carbocycles. The van der Waals surface area contributed by atoms with Crippen LogP contribution in [0.25, 0.3) is 0 Å². The highest BCUT2D eigenvalue weighted by Crippen LogP contribution is 2.21. The smallest absolute Gasteiger partial charge is 0.140 e. The number of aryl methyl sites for hydroxylation is 3. The van der Waals surface area contributed by atoms with Crippen LogP contribution in [0.3, 0.4) is 0 Å². The third kappa shape index (κ3) is 4.55. The standard InChI is InChI=1S/C17H24N2OS/c1-11(2)18-9-16-14(5)19-17(21-16)10-20-15-7-6-12(3)13(4)8-15/h6-8,11,18H,9-10H2,1-5H3. The highest BCUT2D eigenvalue weighted by molar-refractivity contribution is 7.11. The van der Waals surface area contributed by atoms with E-state index in [1.807, 2.05) is 6.07 Å². The molecule has 2 aromatic rings. The van der Waals surface area contributed by atoms with Gasteiger partial charge in [-0.3, -0.25) is 0 Å². The van der Waals surface area contributed by atoms with Crippen LogP contribution >= 0.6 is 11.3 Å². The summed E-state index contributed by atoms with van der Waals surface area (Å²) < 4.78 is 5.85. The van der Waals surface area contributed by atoms with Gasteiger partial charge in [-0.05, 0) is 44.0 Å². The van der Waals surface area contributed by atoms with Crippen molar-refractivity contribution >= 4 is 11.3 Å². The second kappa shape index (κ2) is 7.05. The van der Waals surface area contributed by atoms with E-state index in [2.05, 4.69) is 57.1 Å². The number of aromatic nitrogens is 1. The van der Waals surface area contributed by atoms with Crippen LogP contribution in [0, 0.1) is 20.8 Å². The van der Waals surface area contributed by atoms with Crippen LogP contribution in [0.2, 0.25) is 0 Å². The number of benzene rings is 1. The Morgan fingerprint density at radius 2 is 1.95 bits per heavy atom. The van der Waals surface area contributed by atoms with Gasteiger partial charge in [-0.1, -0.05) is 19.9 Å². The quantitative estimate of drug-likeness (QED) is 0.870. The maximum Gasteiger partial charge on any atom is 0.140 e. The van der Waals surface area contributed by atoms with Gasteiger partial charge in [0.2, 0.25) is 0 Å². The van der Waals surface area contributed by atoms with E-state index in [4.69, 9.17) is 4.74 Å². The molecular weight excluding hydrogens is 280 g/mol. The van der Waals surface area contributed by atoms with Crippen LogP contribution in [0.5, 0.6) is 5.75 Å². The lowest BCUT2D eigenvalue weighted by Crippen LogP contribution is -2.21. The number of thiazole rings is 1. The van der Waals surface area contributed by atoms with Crippen LogP contribution in [0.15, 0.2) is 18.2 Å². The van der Waals surface area contributed by atoms with E-state index >= 15 is 0 Å². The highest BCUT2D eigenvalue weighted by atomic mass is 32.1. The zero-order valence-electron chi connectivity index (χ0n) is 13.5. The summed E-state index contributed by atoms with van der Waals surface area (Å²) >= 11 is 1.73. The van der Waals surface area contributed by atoms with E-state index in [1.165, 1.54) is 16.0 Å². The van der Waals surface area contributed by atoms with Gasteiger partial charge >= 0.3 is 0 Å². The fourth-order valence-electron chi connectivity index (χ4n) is 1.96. The first-order valence-electron chi connectivity index (χ1n) is 7.34. The summed E-state index contributed by atoms with van der Waals surface area (Å²) in [6.07, 6.45) is 0. The first-order chi connectivity index (χ1) is 9.95. The van der Waals surface area contributed by atoms with Crippen molar-refractivity contribution in [2.75, 3.05) is 0 Å². The minimum Gasteiger partial charge on any atom is -0.486 e. The topological polar surface area (TPSA) is 34.1 Å². The second-order valence-corrected chi connectivity index (χ2v) is 6.85. The molecule has 0 aliphatic rings. The summed E-state index contributed by atoms with van der Waals surface area (Å²) in [6.45, 7) is 12.0. The monoisotopic (exact) mass is 304 g/mol. The van der Waals surface area contributed by atoms with E-state index in [1.54, 1.807) is 11.3 Å². The molecule has 1 aromatic heterocycles. The lowest BCUT2D eigenvalue weighted by molar-refractivity contribution is 0.305. The Bertz CT molecular complexity index is 605. The zero-order chi connectivity index (χ0) is 15.4. The molecule has 0 fully saturated rings. The number of nitrogens with one attached hydrogen (secondary N) is 1. The molecule has 3 nitrogen and oxygen atoms in total. The Morgan fingerprint density at radius 1 is 1.19 bits per heavy atom. The third-order valence-corrected chi connectivity index (χ3v) is 4.58. The molecule has 0 saturated heterocycles. The molecule has 4 heteroatoms. The van der Waals surface area contributed by atoms with Gasteiger partial charge in [-0.15, -0.1) is 11.3 Å². The minimum absolute atomic E-state index is 0.488. The number of rotatable bonds is 6. The molecule has 0 spiro atoms. The van der Waals surface area contributed by atoms with Crippen molar-refractivity contribution < 1.29 is 4.74 Å². The van der Waals surface area contributed by atoms with E-state index in [0.29, 0.717) is 12.6 Å². The normalized spacial score (nSPS) is 11.1. The van der Waals surface area contributed by atoms with Gasteiger partial charge in [0, 0.05) is 17.5 Å². The third-order valence-electron chi connectivity index (χ3n) is 3.45. The molecule has 0 amide bonds. The maximum absolute atomic E-state index is 5.85. The molecule has 1 heterocycles. The molecular formula is C17H24N2OS. The predicted molar refractivity (Wildman–Crippen MR) is 89.1 cm³/mol. The molecule has 21 heavy (non-hydrogen) atoms. The van der Waals surface area contributed by atoms with Gasteiger partial charge in [0.25, 0.3) is 0 Å². The lowest BCUT2D eigenvalue weighted by atomic mass is 10.1. The Labute approximate surface area is 131 Å². The first kappa shape index (κ1) is 16.0. The summed E-state index contributed by atoms with van der Waals surface area (Å²) in [4.78, 5) is 5.89. The average molecular weight is 304 g/mol. The molecule has 0 unspecified atom stereocenters. The minimum atomic E-state index is 0.488. The summed E-state index contributed by atoms with van der Waals surface area (Å²) in [5.41, 5.74) is 3.64.